The van der Waals surface area contributed by atoms with Gasteiger partial charge in [-0.25, -0.2) is 9.59 Å². The van der Waals surface area contributed by atoms with E-state index in [0.717, 1.165) is 11.1 Å². The van der Waals surface area contributed by atoms with Crippen LogP contribution in [0.3, 0.4) is 0 Å². The van der Waals surface area contributed by atoms with Crippen LogP contribution in [0.5, 0.6) is 0 Å². The Morgan fingerprint density at radius 3 is 2.12 bits per heavy atom. The van der Waals surface area contributed by atoms with Crippen molar-refractivity contribution in [2.75, 3.05) is 19.7 Å². The molecule has 170 valence electrons. The number of fused-ring (bicyclic) bond motifs is 3. The smallest absolute Gasteiger partial charge is 0.407 e. The molecule has 0 saturated carbocycles. The van der Waals surface area contributed by atoms with E-state index in [9.17, 15) is 19.5 Å². The average Bonchev–Trinajstić information content (AvgIpc) is 3.09. The van der Waals surface area contributed by atoms with Crippen molar-refractivity contribution in [1.29, 1.82) is 0 Å². The van der Waals surface area contributed by atoms with Crippen LogP contribution in [0.2, 0.25) is 0 Å². The molecule has 32 heavy (non-hydrogen) atoms. The number of carboxylic acids is 1. The molecule has 0 radical (unpaired) electrons. The molecule has 0 spiro atoms. The lowest BCUT2D eigenvalue weighted by atomic mass is 9.98. The van der Waals surface area contributed by atoms with Gasteiger partial charge in [0.05, 0.1) is 0 Å². The van der Waals surface area contributed by atoms with Gasteiger partial charge in [0.1, 0.15) is 12.1 Å². The second-order valence-electron chi connectivity index (χ2n) is 8.36. The van der Waals surface area contributed by atoms with Gasteiger partial charge in [-0.1, -0.05) is 48.5 Å². The molecule has 0 bridgehead atoms. The van der Waals surface area contributed by atoms with Gasteiger partial charge in [-0.15, -0.1) is 0 Å². The second kappa shape index (κ2) is 9.85. The molecule has 1 aliphatic rings. The van der Waals surface area contributed by atoms with Crippen molar-refractivity contribution in [3.05, 3.63) is 59.7 Å². The summed E-state index contributed by atoms with van der Waals surface area (Å²) >= 11 is 0. The van der Waals surface area contributed by atoms with Crippen molar-refractivity contribution in [3.8, 4) is 11.1 Å². The molecule has 0 heterocycles. The number of hydrogen-bond donors (Lipinski definition) is 2. The number of rotatable bonds is 9. The molecule has 7 heteroatoms. The second-order valence-corrected chi connectivity index (χ2v) is 8.36. The van der Waals surface area contributed by atoms with Crippen LogP contribution in [0.1, 0.15) is 50.7 Å². The van der Waals surface area contributed by atoms with Crippen molar-refractivity contribution in [2.24, 2.45) is 0 Å². The number of likely N-dealkylation sites (N-methyl/N-ethyl adjacent to an activating group) is 1. The molecule has 2 amide bonds. The number of nitrogens with one attached hydrogen (secondary N) is 1. The van der Waals surface area contributed by atoms with E-state index in [1.54, 1.807) is 6.92 Å². The highest BCUT2D eigenvalue weighted by Gasteiger charge is 2.36. The minimum Gasteiger partial charge on any atom is -0.480 e. The highest BCUT2D eigenvalue weighted by Crippen LogP contribution is 2.44. The van der Waals surface area contributed by atoms with Crippen molar-refractivity contribution < 1.29 is 24.2 Å². The molecule has 0 fully saturated rings. The first kappa shape index (κ1) is 23.3. The number of carbonyl (C=O) groups excluding carboxylic acids is 2. The SMILES string of the molecule is CCN(C(=O)CCCNC(=O)OCC1c2ccccc2-c2ccccc21)C(C)(C)C(=O)O. The summed E-state index contributed by atoms with van der Waals surface area (Å²) in [5.74, 6) is -1.32. The maximum Gasteiger partial charge on any atom is 0.407 e. The van der Waals surface area contributed by atoms with Crippen molar-refractivity contribution in [1.82, 2.24) is 10.2 Å². The Kier molecular flexibility index (Phi) is 7.18. The Hall–Kier alpha value is -3.35. The van der Waals surface area contributed by atoms with Crippen LogP contribution in [0.15, 0.2) is 48.5 Å². The molecule has 3 rings (SSSR count). The van der Waals surface area contributed by atoms with Crippen molar-refractivity contribution in [3.63, 3.8) is 0 Å². The zero-order chi connectivity index (χ0) is 23.3. The van der Waals surface area contributed by atoms with Crippen LogP contribution in [0, 0.1) is 0 Å². The Balaban J connectivity index is 1.47. The average molecular weight is 439 g/mol. The standard InChI is InChI=1S/C25H30N2O5/c1-4-27(25(2,3)23(29)30)22(28)14-9-15-26-24(31)32-16-21-19-12-7-5-10-17(19)18-11-6-8-13-20(18)21/h5-8,10-13,21H,4,9,14-16H2,1-3H3,(H,26,31)(H,29,30). The summed E-state index contributed by atoms with van der Waals surface area (Å²) in [5, 5.41) is 12.0. The van der Waals surface area contributed by atoms with Gasteiger partial charge < -0.3 is 20.1 Å². The molecule has 2 aromatic carbocycles. The highest BCUT2D eigenvalue weighted by atomic mass is 16.5. The molecular formula is C25H30N2O5. The molecule has 1 aliphatic carbocycles. The largest absolute Gasteiger partial charge is 0.480 e. The number of ether oxygens (including phenoxy) is 1. The molecule has 0 saturated heterocycles. The van der Waals surface area contributed by atoms with Crippen LogP contribution in [-0.4, -0.2) is 53.2 Å². The summed E-state index contributed by atoms with van der Waals surface area (Å²) < 4.78 is 5.48. The van der Waals surface area contributed by atoms with Crippen LogP contribution in [0.4, 0.5) is 4.79 Å². The number of carbonyl (C=O) groups is 3. The summed E-state index contributed by atoms with van der Waals surface area (Å²) in [4.78, 5) is 37.4. The van der Waals surface area contributed by atoms with Crippen molar-refractivity contribution in [2.45, 2.75) is 45.1 Å². The topological polar surface area (TPSA) is 95.9 Å². The third kappa shape index (κ3) is 4.77. The van der Waals surface area contributed by atoms with Crippen LogP contribution < -0.4 is 5.32 Å². The number of hydrogen-bond acceptors (Lipinski definition) is 4. The van der Waals surface area contributed by atoms with Crippen molar-refractivity contribution >= 4 is 18.0 Å². The molecule has 0 atom stereocenters. The number of aliphatic carboxylic acids is 1. The molecule has 2 N–H and O–H groups in total. The van der Waals surface area contributed by atoms with Crippen LogP contribution in [0.25, 0.3) is 11.1 Å². The van der Waals surface area contributed by atoms with Gasteiger partial charge in [-0.2, -0.15) is 0 Å². The predicted molar refractivity (Wildman–Crippen MR) is 121 cm³/mol. The van der Waals surface area contributed by atoms with Gasteiger partial charge in [0.2, 0.25) is 5.91 Å². The first-order chi connectivity index (χ1) is 15.3. The van der Waals surface area contributed by atoms with Gasteiger partial charge in [-0.05, 0) is 49.4 Å². The minimum atomic E-state index is -1.27. The molecular weight excluding hydrogens is 408 g/mol. The zero-order valence-corrected chi connectivity index (χ0v) is 18.8. The Morgan fingerprint density at radius 2 is 1.59 bits per heavy atom. The Labute approximate surface area is 188 Å². The summed E-state index contributed by atoms with van der Waals surface area (Å²) in [7, 11) is 0. The lowest BCUT2D eigenvalue weighted by Gasteiger charge is -2.34. The monoisotopic (exact) mass is 438 g/mol. The van der Waals surface area contributed by atoms with Gasteiger partial charge in [0.15, 0.2) is 0 Å². The first-order valence-electron chi connectivity index (χ1n) is 10.9. The van der Waals surface area contributed by atoms with Gasteiger partial charge in [0.25, 0.3) is 0 Å². The fourth-order valence-corrected chi connectivity index (χ4v) is 4.21. The fourth-order valence-electron chi connectivity index (χ4n) is 4.21. The van der Waals surface area contributed by atoms with E-state index < -0.39 is 17.6 Å². The molecule has 0 unspecified atom stereocenters. The number of carboxylic acid groups (broad SMARTS) is 1. The lowest BCUT2D eigenvalue weighted by molar-refractivity contribution is -0.156. The summed E-state index contributed by atoms with van der Waals surface area (Å²) in [6, 6.07) is 16.3. The third-order valence-corrected chi connectivity index (χ3v) is 6.00. The number of nitrogens with zero attached hydrogens (tertiary/aromatic N) is 1. The number of alkyl carbamates (subject to hydrolysis) is 1. The molecule has 7 nitrogen and oxygen atoms in total. The number of benzene rings is 2. The predicted octanol–water partition coefficient (Wildman–Crippen LogP) is 4.02. The van der Waals surface area contributed by atoms with E-state index >= 15 is 0 Å². The first-order valence-corrected chi connectivity index (χ1v) is 10.9. The van der Waals surface area contributed by atoms with E-state index in [4.69, 9.17) is 4.74 Å². The molecule has 0 aromatic heterocycles. The maximum absolute atomic E-state index is 12.4. The van der Waals surface area contributed by atoms with Crippen LogP contribution in [-0.2, 0) is 14.3 Å². The molecule has 0 aliphatic heterocycles. The van der Waals surface area contributed by atoms with Gasteiger partial charge in [-0.3, -0.25) is 4.79 Å². The highest BCUT2D eigenvalue weighted by molar-refractivity contribution is 5.86. The van der Waals surface area contributed by atoms with Gasteiger partial charge >= 0.3 is 12.1 Å². The van der Waals surface area contributed by atoms with Gasteiger partial charge in [0, 0.05) is 25.4 Å². The Morgan fingerprint density at radius 1 is 1.03 bits per heavy atom. The lowest BCUT2D eigenvalue weighted by Crippen LogP contribution is -2.52. The third-order valence-electron chi connectivity index (χ3n) is 6.00. The van der Waals surface area contributed by atoms with E-state index in [1.165, 1.54) is 29.9 Å². The van der Waals surface area contributed by atoms with E-state index in [0.29, 0.717) is 13.0 Å². The summed E-state index contributed by atoms with van der Waals surface area (Å²) in [5.41, 5.74) is 3.35. The normalized spacial score (nSPS) is 12.6. The van der Waals surface area contributed by atoms with E-state index in [-0.39, 0.29) is 31.4 Å². The number of amides is 2. The zero-order valence-electron chi connectivity index (χ0n) is 18.8. The van der Waals surface area contributed by atoms with E-state index in [2.05, 4.69) is 29.6 Å². The Bertz CT molecular complexity index is 956. The van der Waals surface area contributed by atoms with Crippen LogP contribution >= 0.6 is 0 Å². The maximum atomic E-state index is 12.4. The quantitative estimate of drug-likeness (QED) is 0.577. The molecule has 2 aromatic rings. The van der Waals surface area contributed by atoms with E-state index in [1.807, 2.05) is 24.3 Å². The fraction of sp³-hybridized carbons (Fsp3) is 0.400. The minimum absolute atomic E-state index is 0.00825. The summed E-state index contributed by atoms with van der Waals surface area (Å²) in [6.45, 7) is 5.56. The summed E-state index contributed by atoms with van der Waals surface area (Å²) in [6.07, 6.45) is 0.0150.